The van der Waals surface area contributed by atoms with Gasteiger partial charge in [-0.25, -0.2) is 0 Å². The van der Waals surface area contributed by atoms with Crippen LogP contribution < -0.4 is 10.6 Å². The van der Waals surface area contributed by atoms with E-state index in [1.807, 2.05) is 78.6 Å². The van der Waals surface area contributed by atoms with Crippen LogP contribution in [0.4, 0.5) is 0 Å². The summed E-state index contributed by atoms with van der Waals surface area (Å²) in [7, 11) is 6.62. The number of nitrogens with one attached hydrogen (secondary N) is 2. The average Bonchev–Trinajstić information content (AvgIpc) is 3.14. The summed E-state index contributed by atoms with van der Waals surface area (Å²) >= 11 is 4.34. The number of thiol groups is 1. The highest BCUT2D eigenvalue weighted by Crippen LogP contribution is 2.26. The number of amides is 4. The molecule has 1 rings (SSSR count). The molecule has 54 heavy (non-hydrogen) atoms. The number of hydrogen-bond donors (Lipinski definition) is 4. The Morgan fingerprint density at radius 3 is 1.94 bits per heavy atom. The lowest BCUT2D eigenvalue weighted by Crippen LogP contribution is -2.60. The van der Waals surface area contributed by atoms with Crippen molar-refractivity contribution in [3.8, 4) is 0 Å². The smallest absolute Gasteiger partial charge is 0.245 e. The van der Waals surface area contributed by atoms with E-state index in [9.17, 15) is 24.3 Å². The maximum Gasteiger partial charge on any atom is 0.245 e. The van der Waals surface area contributed by atoms with Gasteiger partial charge in [-0.1, -0.05) is 91.6 Å². The third kappa shape index (κ3) is 14.1. The minimum atomic E-state index is -0.916. The molecular weight excluding hydrogens is 707 g/mol. The summed E-state index contributed by atoms with van der Waals surface area (Å²) in [5.74, 6) is -1.53. The monoisotopic (exact) mass is 780 g/mol. The second-order valence-electron chi connectivity index (χ2n) is 15.4. The van der Waals surface area contributed by atoms with Crippen molar-refractivity contribution in [2.24, 2.45) is 23.7 Å². The number of ether oxygens (including phenoxy) is 2. The number of carbonyl (C=O) groups excluding carboxylic acids is 4. The second kappa shape index (κ2) is 24.7. The Morgan fingerprint density at radius 2 is 1.46 bits per heavy atom. The van der Waals surface area contributed by atoms with Gasteiger partial charge in [0.2, 0.25) is 23.6 Å². The van der Waals surface area contributed by atoms with Crippen LogP contribution in [0, 0.1) is 23.7 Å². The quantitative estimate of drug-likeness (QED) is 0.0823. The van der Waals surface area contributed by atoms with E-state index in [2.05, 4.69) is 23.3 Å². The number of carbonyl (C=O) groups is 4. The number of aliphatic hydroxyl groups excluding tert-OH is 1. The molecule has 0 aliphatic carbocycles. The maximum atomic E-state index is 14.3. The van der Waals surface area contributed by atoms with Crippen molar-refractivity contribution in [3.05, 3.63) is 35.9 Å². The lowest BCUT2D eigenvalue weighted by Gasteiger charge is -2.41. The molecule has 310 valence electrons. The number of methoxy groups -OCH3 is 2. The molecule has 3 N–H and O–H groups in total. The highest BCUT2D eigenvalue weighted by Gasteiger charge is 2.41. The molecule has 0 radical (unpaired) electrons. The first-order chi connectivity index (χ1) is 25.4. The molecule has 4 amide bonds. The molecule has 0 aliphatic heterocycles. The summed E-state index contributed by atoms with van der Waals surface area (Å²) < 4.78 is 11.9. The molecule has 0 heterocycles. The Hall–Kier alpha value is -2.71. The van der Waals surface area contributed by atoms with E-state index in [0.717, 1.165) is 6.42 Å². The highest BCUT2D eigenvalue weighted by atomic mass is 32.1. The van der Waals surface area contributed by atoms with Crippen LogP contribution in [-0.4, -0.2) is 127 Å². The van der Waals surface area contributed by atoms with Crippen LogP contribution in [0.15, 0.2) is 30.3 Å². The Morgan fingerprint density at radius 1 is 0.852 bits per heavy atom. The molecule has 0 aliphatic rings. The minimum Gasteiger partial charge on any atom is -0.386 e. The Labute approximate surface area is 331 Å². The lowest BCUT2D eigenvalue weighted by molar-refractivity contribution is -0.158. The van der Waals surface area contributed by atoms with Crippen molar-refractivity contribution in [1.82, 2.24) is 25.3 Å². The number of likely N-dealkylation sites (N-methyl/N-ethyl adjacent to an activating group) is 2. The van der Waals surface area contributed by atoms with E-state index in [1.165, 1.54) is 14.2 Å². The van der Waals surface area contributed by atoms with Gasteiger partial charge in [-0.15, -0.1) is 0 Å². The fourth-order valence-corrected chi connectivity index (χ4v) is 7.44. The molecule has 12 nitrogen and oxygen atoms in total. The summed E-state index contributed by atoms with van der Waals surface area (Å²) in [5, 5.41) is 16.8. The third-order valence-electron chi connectivity index (χ3n) is 10.6. The molecule has 9 atom stereocenters. The van der Waals surface area contributed by atoms with E-state index < -0.39 is 48.5 Å². The number of unbranched alkanes of at least 4 members (excludes halogenated alkanes) is 1. The van der Waals surface area contributed by atoms with Crippen molar-refractivity contribution in [2.75, 3.05) is 47.2 Å². The normalized spacial score (nSPS) is 16.9. The van der Waals surface area contributed by atoms with Crippen LogP contribution in [0.2, 0.25) is 0 Å². The first kappa shape index (κ1) is 49.3. The van der Waals surface area contributed by atoms with Crippen molar-refractivity contribution >= 4 is 36.3 Å². The Balaban J connectivity index is 3.37. The molecule has 0 spiro atoms. The largest absolute Gasteiger partial charge is 0.386 e. The van der Waals surface area contributed by atoms with Crippen LogP contribution >= 0.6 is 12.6 Å². The molecule has 1 aromatic carbocycles. The van der Waals surface area contributed by atoms with E-state index in [4.69, 9.17) is 9.47 Å². The molecule has 0 aromatic heterocycles. The zero-order valence-electron chi connectivity index (χ0n) is 35.4. The van der Waals surface area contributed by atoms with Crippen molar-refractivity contribution in [3.63, 3.8) is 0 Å². The van der Waals surface area contributed by atoms with Gasteiger partial charge in [-0.05, 0) is 50.6 Å². The van der Waals surface area contributed by atoms with Gasteiger partial charge in [0, 0.05) is 40.1 Å². The Kier molecular flexibility index (Phi) is 22.6. The summed E-state index contributed by atoms with van der Waals surface area (Å²) in [5.41, 5.74) is 0.685. The van der Waals surface area contributed by atoms with Gasteiger partial charge in [0.25, 0.3) is 0 Å². The zero-order chi connectivity index (χ0) is 41.3. The van der Waals surface area contributed by atoms with Crippen LogP contribution in [-0.2, 0) is 28.7 Å². The molecular formula is C41H73N5O7S. The van der Waals surface area contributed by atoms with Crippen LogP contribution in [0.25, 0.3) is 0 Å². The van der Waals surface area contributed by atoms with Crippen LogP contribution in [0.1, 0.15) is 99.7 Å². The van der Waals surface area contributed by atoms with E-state index >= 15 is 0 Å². The molecule has 13 heteroatoms. The van der Waals surface area contributed by atoms with Gasteiger partial charge in [-0.2, -0.15) is 12.6 Å². The van der Waals surface area contributed by atoms with Crippen molar-refractivity contribution in [1.29, 1.82) is 0 Å². The van der Waals surface area contributed by atoms with Gasteiger partial charge in [0.1, 0.15) is 12.3 Å². The summed E-state index contributed by atoms with van der Waals surface area (Å²) in [4.78, 5) is 61.1. The third-order valence-corrected chi connectivity index (χ3v) is 10.8. The SMILES string of the molecule is CCCCN(C(=O)CC(OC)C(C(C)CC)N(C)C(=O)[C@@H](NC(=O)C(C(C)C)N(C)CCS)C(C)C)C(OC)C(C)C(=O)NC(C)C(O)c1ccccc1. The number of benzene rings is 1. The van der Waals surface area contributed by atoms with Crippen LogP contribution in [0.5, 0.6) is 0 Å². The summed E-state index contributed by atoms with van der Waals surface area (Å²) in [6.45, 7) is 18.3. The van der Waals surface area contributed by atoms with Gasteiger partial charge in [0.05, 0.1) is 42.7 Å². The number of rotatable bonds is 25. The van der Waals surface area contributed by atoms with E-state index in [-0.39, 0.29) is 47.8 Å². The lowest BCUT2D eigenvalue weighted by atomic mass is 9.89. The molecule has 0 fully saturated rings. The van der Waals surface area contributed by atoms with Gasteiger partial charge < -0.3 is 35.0 Å². The molecule has 0 bridgehead atoms. The number of nitrogens with zero attached hydrogens (tertiary/aromatic N) is 3. The van der Waals surface area contributed by atoms with Crippen molar-refractivity contribution in [2.45, 2.75) is 131 Å². The van der Waals surface area contributed by atoms with Gasteiger partial charge in [0.15, 0.2) is 0 Å². The first-order valence-electron chi connectivity index (χ1n) is 19.7. The first-order valence-corrected chi connectivity index (χ1v) is 20.3. The maximum absolute atomic E-state index is 14.3. The van der Waals surface area contributed by atoms with Crippen LogP contribution in [0.3, 0.4) is 0 Å². The average molecular weight is 780 g/mol. The fourth-order valence-electron chi connectivity index (χ4n) is 7.13. The topological polar surface area (TPSA) is 141 Å². The Bertz CT molecular complexity index is 1270. The van der Waals surface area contributed by atoms with Crippen molar-refractivity contribution < 1.29 is 33.8 Å². The number of hydrogen-bond acceptors (Lipinski definition) is 9. The molecule has 0 saturated carbocycles. The second-order valence-corrected chi connectivity index (χ2v) is 15.9. The zero-order valence-corrected chi connectivity index (χ0v) is 36.3. The van der Waals surface area contributed by atoms with Gasteiger partial charge in [-0.3, -0.25) is 24.1 Å². The highest BCUT2D eigenvalue weighted by molar-refractivity contribution is 7.80. The number of aliphatic hydroxyl groups is 1. The van der Waals surface area contributed by atoms with E-state index in [1.54, 1.807) is 42.8 Å². The summed E-state index contributed by atoms with van der Waals surface area (Å²) in [6.07, 6.45) is -0.354. The van der Waals surface area contributed by atoms with Gasteiger partial charge >= 0.3 is 0 Å². The predicted octanol–water partition coefficient (Wildman–Crippen LogP) is 4.77. The molecule has 8 unspecified atom stereocenters. The predicted molar refractivity (Wildman–Crippen MR) is 219 cm³/mol. The molecule has 1 aromatic rings. The molecule has 0 saturated heterocycles. The fraction of sp³-hybridized carbons (Fsp3) is 0.756. The summed E-state index contributed by atoms with van der Waals surface area (Å²) in [6, 6.07) is 6.80. The minimum absolute atomic E-state index is 0.0110. The van der Waals surface area contributed by atoms with E-state index in [0.29, 0.717) is 37.2 Å². The standard InChI is InChI=1S/C41H73N5O7S/c1-14-16-22-46(41(53-13)29(8)38(49)42-30(9)37(48)31-20-18-17-19-21-31)33(47)25-32(52-12)36(28(7)15-2)45(11)40(51)34(26(3)4)43-39(50)35(27(5)6)44(10)23-24-54/h17-21,26-30,32,34-37,41,48,54H,14-16,22-25H2,1-13H3,(H,42,49)(H,43,50)/t28?,29?,30?,32?,34-,35?,36?,37?,41?/m0/s1.